The summed E-state index contributed by atoms with van der Waals surface area (Å²) < 4.78 is 21.0. The number of hydrogen-bond acceptors (Lipinski definition) is 7. The highest BCUT2D eigenvalue weighted by atomic mass is 32.2. The van der Waals surface area contributed by atoms with Gasteiger partial charge in [0.1, 0.15) is 17.2 Å². The molecule has 7 heteroatoms. The molecule has 0 N–H and O–H groups in total. The first-order chi connectivity index (χ1) is 17.4. The largest absolute Gasteiger partial charge is 0.496 e. The van der Waals surface area contributed by atoms with E-state index in [0.29, 0.717) is 10.5 Å². The molecule has 6 atom stereocenters. The van der Waals surface area contributed by atoms with E-state index in [1.807, 2.05) is 6.26 Å². The van der Waals surface area contributed by atoms with Gasteiger partial charge in [-0.25, -0.2) is 10.0 Å². The number of hydrogen-bond donors (Lipinski definition) is 0. The van der Waals surface area contributed by atoms with Crippen molar-refractivity contribution >= 4 is 23.5 Å². The predicted octanol–water partition coefficient (Wildman–Crippen LogP) is 5.64. The molecule has 6 aliphatic heterocycles. The molecule has 0 spiro atoms. The van der Waals surface area contributed by atoms with Crippen LogP contribution >= 0.6 is 23.5 Å². The molecule has 0 aromatic carbocycles. The molecule has 0 amide bonds. The van der Waals surface area contributed by atoms with E-state index in [2.05, 4.69) is 39.6 Å². The zero-order valence-electron chi connectivity index (χ0n) is 21.5. The van der Waals surface area contributed by atoms with E-state index in [9.17, 15) is 0 Å². The first-order valence-electron chi connectivity index (χ1n) is 14.7. The minimum Gasteiger partial charge on any atom is -0.496 e. The molecule has 198 valence electrons. The molecule has 35 heavy (non-hydrogen) atoms. The monoisotopic (exact) mass is 522 g/mol. The number of morpholine rings is 1. The SMILES string of the molecule is C1=COC(C2(C3CCCCS3)N(N3CCCCC3)CCOC2(C2CCCCO2)C2CCCS2)CC1. The average Bonchev–Trinajstić information content (AvgIpc) is 3.50. The van der Waals surface area contributed by atoms with E-state index < -0.39 is 0 Å². The van der Waals surface area contributed by atoms with E-state index in [-0.39, 0.29) is 23.3 Å². The minimum atomic E-state index is -0.324. The van der Waals surface area contributed by atoms with Crippen molar-refractivity contribution in [1.82, 2.24) is 10.0 Å². The Labute approximate surface area is 221 Å². The quantitative estimate of drug-likeness (QED) is 0.462. The Balaban J connectivity index is 1.55. The molecule has 6 rings (SSSR count). The van der Waals surface area contributed by atoms with Gasteiger partial charge in [0.25, 0.3) is 0 Å². The van der Waals surface area contributed by atoms with Crippen molar-refractivity contribution in [2.75, 3.05) is 44.4 Å². The third kappa shape index (κ3) is 4.42. The highest BCUT2D eigenvalue weighted by Crippen LogP contribution is 2.59. The lowest BCUT2D eigenvalue weighted by Gasteiger charge is -2.69. The third-order valence-electron chi connectivity index (χ3n) is 9.53. The van der Waals surface area contributed by atoms with Crippen molar-refractivity contribution in [3.05, 3.63) is 12.3 Å². The highest BCUT2D eigenvalue weighted by molar-refractivity contribution is 8.00. The van der Waals surface area contributed by atoms with Gasteiger partial charge >= 0.3 is 0 Å². The molecule has 0 aromatic heterocycles. The fourth-order valence-corrected chi connectivity index (χ4v) is 11.5. The normalized spacial score (nSPS) is 44.2. The van der Waals surface area contributed by atoms with Crippen LogP contribution in [0.1, 0.15) is 83.5 Å². The minimum absolute atomic E-state index is 0.150. The first kappa shape index (κ1) is 25.4. The van der Waals surface area contributed by atoms with Gasteiger partial charge in [0.05, 0.1) is 19.0 Å². The van der Waals surface area contributed by atoms with Crippen LogP contribution in [0.5, 0.6) is 0 Å². The molecular formula is C28H46N2O3S2. The van der Waals surface area contributed by atoms with E-state index in [1.54, 1.807) is 0 Å². The van der Waals surface area contributed by atoms with E-state index >= 15 is 0 Å². The van der Waals surface area contributed by atoms with Crippen LogP contribution in [0.15, 0.2) is 12.3 Å². The summed E-state index contributed by atoms with van der Waals surface area (Å²) in [6.07, 6.45) is 20.8. The lowest BCUT2D eigenvalue weighted by molar-refractivity contribution is -0.321. The second-order valence-corrected chi connectivity index (χ2v) is 14.0. The Morgan fingerprint density at radius 1 is 0.714 bits per heavy atom. The molecule has 0 aliphatic carbocycles. The molecule has 0 aromatic rings. The van der Waals surface area contributed by atoms with Gasteiger partial charge in [-0.15, -0.1) is 0 Å². The van der Waals surface area contributed by atoms with Crippen LogP contribution in [-0.4, -0.2) is 88.2 Å². The van der Waals surface area contributed by atoms with Crippen LogP contribution in [0, 0.1) is 0 Å². The summed E-state index contributed by atoms with van der Waals surface area (Å²) in [5.41, 5.74) is -0.516. The maximum atomic E-state index is 7.40. The van der Waals surface area contributed by atoms with Crippen molar-refractivity contribution in [2.45, 2.75) is 117 Å². The Hall–Kier alpha value is 0.0800. The molecule has 5 fully saturated rings. The summed E-state index contributed by atoms with van der Waals surface area (Å²) in [4.78, 5) is 0. The summed E-state index contributed by atoms with van der Waals surface area (Å²) in [5.74, 6) is 2.52. The third-order valence-corrected chi connectivity index (χ3v) is 12.6. The van der Waals surface area contributed by atoms with Gasteiger partial charge in [-0.1, -0.05) is 12.8 Å². The topological polar surface area (TPSA) is 34.2 Å². The molecular weight excluding hydrogens is 476 g/mol. The summed E-state index contributed by atoms with van der Waals surface area (Å²) in [6, 6.07) is 0. The molecule has 6 unspecified atom stereocenters. The fraction of sp³-hybridized carbons (Fsp3) is 0.929. The number of hydrazine groups is 1. The zero-order chi connectivity index (χ0) is 23.6. The van der Waals surface area contributed by atoms with E-state index in [4.69, 9.17) is 14.2 Å². The number of nitrogens with zero attached hydrogens (tertiary/aromatic N) is 2. The van der Waals surface area contributed by atoms with E-state index in [1.165, 1.54) is 88.8 Å². The smallest absolute Gasteiger partial charge is 0.130 e. The number of thioether (sulfide) groups is 2. The Morgan fingerprint density at radius 2 is 1.54 bits per heavy atom. The molecule has 0 radical (unpaired) electrons. The van der Waals surface area contributed by atoms with Crippen LogP contribution < -0.4 is 0 Å². The molecule has 5 nitrogen and oxygen atoms in total. The first-order valence-corrected chi connectivity index (χ1v) is 16.8. The summed E-state index contributed by atoms with van der Waals surface area (Å²) in [7, 11) is 0. The molecule has 0 bridgehead atoms. The van der Waals surface area contributed by atoms with Gasteiger partial charge in [0.2, 0.25) is 0 Å². The van der Waals surface area contributed by atoms with Crippen molar-refractivity contribution in [2.24, 2.45) is 0 Å². The lowest BCUT2D eigenvalue weighted by Crippen LogP contribution is -2.86. The second kappa shape index (κ2) is 11.4. The maximum absolute atomic E-state index is 7.40. The number of ether oxygens (including phenoxy) is 3. The average molecular weight is 523 g/mol. The van der Waals surface area contributed by atoms with Crippen LogP contribution in [0.2, 0.25) is 0 Å². The standard InChI is InChI=1S/C28H46N2O3S2/c1-5-15-29(16-6-1)30-17-20-33-28(26-14-10-22-35-26,24-12-3-8-19-32-24)27(30,23-11-2-7-18-31-23)25-13-4-9-21-34-25/h7,18,23-26H,1-6,8-17,19-22H2. The van der Waals surface area contributed by atoms with Gasteiger partial charge in [-0.3, -0.25) is 0 Å². The van der Waals surface area contributed by atoms with Crippen molar-refractivity contribution < 1.29 is 14.2 Å². The molecule has 0 saturated carbocycles. The fourth-order valence-electron chi connectivity index (χ4n) is 8.19. The van der Waals surface area contributed by atoms with Crippen LogP contribution in [-0.2, 0) is 14.2 Å². The number of allylic oxidation sites excluding steroid dienone is 1. The Morgan fingerprint density at radius 3 is 2.26 bits per heavy atom. The van der Waals surface area contributed by atoms with Crippen molar-refractivity contribution in [3.63, 3.8) is 0 Å². The summed E-state index contributed by atoms with van der Waals surface area (Å²) in [6.45, 7) is 5.06. The van der Waals surface area contributed by atoms with E-state index in [0.717, 1.165) is 39.0 Å². The van der Waals surface area contributed by atoms with Gasteiger partial charge < -0.3 is 14.2 Å². The maximum Gasteiger partial charge on any atom is 0.130 e. The lowest BCUT2D eigenvalue weighted by atomic mass is 9.62. The van der Waals surface area contributed by atoms with Crippen LogP contribution in [0.25, 0.3) is 0 Å². The Bertz CT molecular complexity index is 717. The molecule has 6 heterocycles. The predicted molar refractivity (Wildman–Crippen MR) is 146 cm³/mol. The van der Waals surface area contributed by atoms with Gasteiger partial charge in [-0.2, -0.15) is 23.5 Å². The second-order valence-electron chi connectivity index (χ2n) is 11.4. The summed E-state index contributed by atoms with van der Waals surface area (Å²) >= 11 is 4.43. The van der Waals surface area contributed by atoms with Crippen molar-refractivity contribution in [3.8, 4) is 0 Å². The Kier molecular flexibility index (Phi) is 8.29. The summed E-state index contributed by atoms with van der Waals surface area (Å²) in [5, 5.41) is 6.65. The molecule has 6 aliphatic rings. The van der Waals surface area contributed by atoms with Crippen LogP contribution in [0.3, 0.4) is 0 Å². The zero-order valence-corrected chi connectivity index (χ0v) is 23.2. The van der Waals surface area contributed by atoms with Crippen LogP contribution in [0.4, 0.5) is 0 Å². The number of rotatable bonds is 5. The van der Waals surface area contributed by atoms with Crippen molar-refractivity contribution in [1.29, 1.82) is 0 Å². The van der Waals surface area contributed by atoms with Gasteiger partial charge in [0.15, 0.2) is 0 Å². The van der Waals surface area contributed by atoms with Gasteiger partial charge in [0, 0.05) is 36.7 Å². The molecule has 5 saturated heterocycles. The van der Waals surface area contributed by atoms with Gasteiger partial charge in [-0.05, 0) is 88.2 Å². The number of piperidine rings is 1. The highest BCUT2D eigenvalue weighted by Gasteiger charge is 2.73.